The molecule has 0 spiro atoms. The highest BCUT2D eigenvalue weighted by Gasteiger charge is 2.26. The zero-order valence-corrected chi connectivity index (χ0v) is 20.5. The summed E-state index contributed by atoms with van der Waals surface area (Å²) in [5.74, 6) is 0.672. The molecule has 0 unspecified atom stereocenters. The highest BCUT2D eigenvalue weighted by Crippen LogP contribution is 2.22. The Morgan fingerprint density at radius 1 is 1.12 bits per heavy atom. The van der Waals surface area contributed by atoms with Crippen LogP contribution in [0.15, 0.2) is 65.2 Å². The van der Waals surface area contributed by atoms with Crippen LogP contribution in [0.2, 0.25) is 0 Å². The van der Waals surface area contributed by atoms with Gasteiger partial charge in [-0.2, -0.15) is 5.10 Å². The van der Waals surface area contributed by atoms with E-state index in [0.29, 0.717) is 11.3 Å². The molecule has 2 aliphatic heterocycles. The Labute approximate surface area is 196 Å². The number of nitrogens with zero attached hydrogens (tertiary/aromatic N) is 3. The van der Waals surface area contributed by atoms with Crippen LogP contribution in [0.1, 0.15) is 63.9 Å². The third-order valence-electron chi connectivity index (χ3n) is 5.73. The summed E-state index contributed by atoms with van der Waals surface area (Å²) in [6.45, 7) is 13.4. The van der Waals surface area contributed by atoms with Crippen molar-refractivity contribution in [1.82, 2.24) is 20.5 Å². The third kappa shape index (κ3) is 6.34. The summed E-state index contributed by atoms with van der Waals surface area (Å²) in [6.07, 6.45) is 8.67. The van der Waals surface area contributed by atoms with Gasteiger partial charge in [0.1, 0.15) is 5.84 Å². The first-order chi connectivity index (χ1) is 15.6. The standard InChI is InChI=1S/C26H35N5O2/c1-7-23-12-13-24(30-15-14-22(17-30)28-19(3)32)29-31(23)16-18(2)27-25(33)20-8-10-21(11-9-20)26(4,5)6/h7-13,16,22H,14-15,17H2,1-6H3,(H,27,33)(H,28,32)/b18-16+,23-7?/t22-/m1/s1. The monoisotopic (exact) mass is 449 g/mol. The normalized spacial score (nSPS) is 20.2. The van der Waals surface area contributed by atoms with Gasteiger partial charge in [-0.05, 0) is 55.5 Å². The zero-order valence-electron chi connectivity index (χ0n) is 20.5. The lowest BCUT2D eigenvalue weighted by Crippen LogP contribution is -2.38. The van der Waals surface area contributed by atoms with Crippen molar-refractivity contribution in [2.45, 2.75) is 59.4 Å². The molecule has 7 nitrogen and oxygen atoms in total. The fourth-order valence-electron chi connectivity index (χ4n) is 3.90. The summed E-state index contributed by atoms with van der Waals surface area (Å²) in [5.41, 5.74) is 3.46. The summed E-state index contributed by atoms with van der Waals surface area (Å²) in [7, 11) is 0. The number of likely N-dealkylation sites (tertiary alicyclic amines) is 1. The number of allylic oxidation sites excluding steroid dienone is 3. The number of benzene rings is 1. The Morgan fingerprint density at radius 3 is 2.42 bits per heavy atom. The van der Waals surface area contributed by atoms with Crippen molar-refractivity contribution in [3.05, 3.63) is 71.2 Å². The average molecular weight is 450 g/mol. The lowest BCUT2D eigenvalue weighted by Gasteiger charge is -2.26. The molecule has 0 bridgehead atoms. The van der Waals surface area contributed by atoms with Gasteiger partial charge < -0.3 is 15.5 Å². The molecule has 7 heteroatoms. The molecule has 2 aliphatic rings. The maximum absolute atomic E-state index is 12.7. The molecule has 2 heterocycles. The Hall–Kier alpha value is -3.35. The molecule has 0 aliphatic carbocycles. The van der Waals surface area contributed by atoms with Crippen LogP contribution in [0, 0.1) is 0 Å². The van der Waals surface area contributed by atoms with Crippen LogP contribution >= 0.6 is 0 Å². The van der Waals surface area contributed by atoms with E-state index in [9.17, 15) is 9.59 Å². The maximum Gasteiger partial charge on any atom is 0.255 e. The van der Waals surface area contributed by atoms with E-state index in [-0.39, 0.29) is 23.3 Å². The van der Waals surface area contributed by atoms with Gasteiger partial charge in [-0.3, -0.25) is 9.59 Å². The number of carbonyl (C=O) groups excluding carboxylic acids is 2. The quantitative estimate of drug-likeness (QED) is 0.732. The van der Waals surface area contributed by atoms with Crippen LogP contribution in [0.25, 0.3) is 0 Å². The van der Waals surface area contributed by atoms with E-state index >= 15 is 0 Å². The number of amides is 2. The minimum absolute atomic E-state index is 0.0110. The predicted octanol–water partition coefficient (Wildman–Crippen LogP) is 3.87. The molecule has 1 atom stereocenters. The maximum atomic E-state index is 12.7. The van der Waals surface area contributed by atoms with E-state index in [2.05, 4.69) is 36.3 Å². The minimum atomic E-state index is -0.152. The van der Waals surface area contributed by atoms with Gasteiger partial charge in [-0.25, -0.2) is 5.01 Å². The predicted molar refractivity (Wildman–Crippen MR) is 132 cm³/mol. The van der Waals surface area contributed by atoms with E-state index in [1.807, 2.05) is 62.5 Å². The zero-order chi connectivity index (χ0) is 24.2. The van der Waals surface area contributed by atoms with E-state index in [1.54, 1.807) is 11.9 Å². The van der Waals surface area contributed by atoms with Crippen molar-refractivity contribution in [2.24, 2.45) is 5.10 Å². The number of hydrazone groups is 1. The molecule has 1 fully saturated rings. The first kappa shape index (κ1) is 24.3. The van der Waals surface area contributed by atoms with E-state index in [4.69, 9.17) is 5.10 Å². The highest BCUT2D eigenvalue weighted by atomic mass is 16.2. The van der Waals surface area contributed by atoms with Crippen LogP contribution in [-0.4, -0.2) is 46.7 Å². The largest absolute Gasteiger partial charge is 0.353 e. The Balaban J connectivity index is 1.70. The molecular formula is C26H35N5O2. The SMILES string of the molecule is CC=C1C=CC(N2CC[C@@H](NC(C)=O)C2)=NN1/C=C(\C)NC(=O)c1ccc(C(C)(C)C)cc1. The Bertz CT molecular complexity index is 1010. The van der Waals surface area contributed by atoms with Crippen LogP contribution in [0.5, 0.6) is 0 Å². The summed E-state index contributed by atoms with van der Waals surface area (Å²) in [5, 5.41) is 12.5. The van der Waals surface area contributed by atoms with Gasteiger partial charge in [0.15, 0.2) is 0 Å². The summed E-state index contributed by atoms with van der Waals surface area (Å²) in [6, 6.07) is 7.86. The van der Waals surface area contributed by atoms with Gasteiger partial charge in [0.2, 0.25) is 5.91 Å². The van der Waals surface area contributed by atoms with Gasteiger partial charge in [-0.15, -0.1) is 0 Å². The van der Waals surface area contributed by atoms with Crippen molar-refractivity contribution in [3.8, 4) is 0 Å². The molecule has 2 N–H and O–H groups in total. The first-order valence-corrected chi connectivity index (χ1v) is 11.4. The fraction of sp³-hybridized carbons (Fsp3) is 0.423. The number of carbonyl (C=O) groups is 2. The first-order valence-electron chi connectivity index (χ1n) is 11.4. The molecule has 0 aromatic heterocycles. The second-order valence-corrected chi connectivity index (χ2v) is 9.58. The molecular weight excluding hydrogens is 414 g/mol. The smallest absolute Gasteiger partial charge is 0.255 e. The van der Waals surface area contributed by atoms with Gasteiger partial charge in [0.25, 0.3) is 5.91 Å². The van der Waals surface area contributed by atoms with Crippen molar-refractivity contribution < 1.29 is 9.59 Å². The Morgan fingerprint density at radius 2 is 1.82 bits per heavy atom. The van der Waals surface area contributed by atoms with Gasteiger partial charge in [0.05, 0.1) is 5.70 Å². The highest BCUT2D eigenvalue weighted by molar-refractivity contribution is 5.95. The average Bonchev–Trinajstić information content (AvgIpc) is 3.20. The molecule has 0 saturated carbocycles. The second kappa shape index (κ2) is 10.1. The molecule has 3 rings (SSSR count). The molecule has 33 heavy (non-hydrogen) atoms. The molecule has 2 amide bonds. The lowest BCUT2D eigenvalue weighted by molar-refractivity contribution is -0.119. The van der Waals surface area contributed by atoms with Crippen molar-refractivity contribution in [1.29, 1.82) is 0 Å². The second-order valence-electron chi connectivity index (χ2n) is 9.58. The number of nitrogens with one attached hydrogen (secondary N) is 2. The van der Waals surface area contributed by atoms with Crippen molar-refractivity contribution in [3.63, 3.8) is 0 Å². The van der Waals surface area contributed by atoms with E-state index < -0.39 is 0 Å². The van der Waals surface area contributed by atoms with E-state index in [1.165, 1.54) is 5.56 Å². The summed E-state index contributed by atoms with van der Waals surface area (Å²) >= 11 is 0. The number of rotatable bonds is 4. The van der Waals surface area contributed by atoms with Crippen molar-refractivity contribution in [2.75, 3.05) is 13.1 Å². The molecule has 176 valence electrons. The molecule has 0 radical (unpaired) electrons. The molecule has 1 aromatic carbocycles. The summed E-state index contributed by atoms with van der Waals surface area (Å²) < 4.78 is 0. The van der Waals surface area contributed by atoms with Gasteiger partial charge in [0, 0.05) is 43.5 Å². The third-order valence-corrected chi connectivity index (χ3v) is 5.73. The topological polar surface area (TPSA) is 77.0 Å². The van der Waals surface area contributed by atoms with Crippen LogP contribution in [-0.2, 0) is 10.2 Å². The Kier molecular flexibility index (Phi) is 7.41. The molecule has 1 saturated heterocycles. The summed E-state index contributed by atoms with van der Waals surface area (Å²) in [4.78, 5) is 26.2. The number of hydrogen-bond donors (Lipinski definition) is 2. The van der Waals surface area contributed by atoms with E-state index in [0.717, 1.165) is 31.0 Å². The van der Waals surface area contributed by atoms with Crippen LogP contribution < -0.4 is 10.6 Å². The minimum Gasteiger partial charge on any atom is -0.353 e. The van der Waals surface area contributed by atoms with Crippen LogP contribution in [0.3, 0.4) is 0 Å². The van der Waals surface area contributed by atoms with Gasteiger partial charge in [-0.1, -0.05) is 39.0 Å². The number of amidine groups is 1. The van der Waals surface area contributed by atoms with Crippen molar-refractivity contribution >= 4 is 17.6 Å². The molecule has 1 aromatic rings. The fourth-order valence-corrected chi connectivity index (χ4v) is 3.90. The van der Waals surface area contributed by atoms with Gasteiger partial charge >= 0.3 is 0 Å². The lowest BCUT2D eigenvalue weighted by atomic mass is 9.87. The number of hydrogen-bond acceptors (Lipinski definition) is 5. The van der Waals surface area contributed by atoms with Crippen LogP contribution in [0.4, 0.5) is 0 Å².